The van der Waals surface area contributed by atoms with Crippen LogP contribution in [-0.4, -0.2) is 10.2 Å². The second kappa shape index (κ2) is 3.48. The smallest absolute Gasteiger partial charge is 0.125 e. The fourth-order valence-electron chi connectivity index (χ4n) is 1.31. The van der Waals surface area contributed by atoms with E-state index < -0.39 is 0 Å². The lowest BCUT2D eigenvalue weighted by Crippen LogP contribution is -1.88. The van der Waals surface area contributed by atoms with Gasteiger partial charge in [-0.05, 0) is 24.5 Å². The fraction of sp³-hybridized carbons (Fsp3) is 0.400. The molecule has 0 saturated carbocycles. The van der Waals surface area contributed by atoms with Crippen LogP contribution in [0.4, 0.5) is 0 Å². The van der Waals surface area contributed by atoms with E-state index in [9.17, 15) is 10.2 Å². The van der Waals surface area contributed by atoms with Gasteiger partial charge in [0.1, 0.15) is 11.5 Å². The molecular weight excluding hydrogens is 152 g/mol. The van der Waals surface area contributed by atoms with E-state index in [2.05, 4.69) is 0 Å². The standard InChI is InChI=1S/C10H14O2/c1-3-7-5-6-9(11)8(4-2)10(7)12/h5-6,11-12H,3-4H2,1-2H3. The van der Waals surface area contributed by atoms with Gasteiger partial charge in [-0.2, -0.15) is 0 Å². The van der Waals surface area contributed by atoms with E-state index in [-0.39, 0.29) is 11.5 Å². The van der Waals surface area contributed by atoms with Crippen molar-refractivity contribution in [2.45, 2.75) is 26.7 Å². The third-order valence-electron chi connectivity index (χ3n) is 2.08. The molecule has 0 bridgehead atoms. The molecule has 0 saturated heterocycles. The first-order valence-corrected chi connectivity index (χ1v) is 4.23. The van der Waals surface area contributed by atoms with Crippen LogP contribution in [0.1, 0.15) is 25.0 Å². The van der Waals surface area contributed by atoms with E-state index in [0.717, 1.165) is 12.0 Å². The Balaban J connectivity index is 3.24. The summed E-state index contributed by atoms with van der Waals surface area (Å²) >= 11 is 0. The van der Waals surface area contributed by atoms with Crippen LogP contribution in [0.2, 0.25) is 0 Å². The van der Waals surface area contributed by atoms with Crippen molar-refractivity contribution in [2.75, 3.05) is 0 Å². The predicted octanol–water partition coefficient (Wildman–Crippen LogP) is 2.22. The summed E-state index contributed by atoms with van der Waals surface area (Å²) in [5, 5.41) is 19.0. The van der Waals surface area contributed by atoms with Crippen molar-refractivity contribution in [3.63, 3.8) is 0 Å². The maximum absolute atomic E-state index is 9.61. The van der Waals surface area contributed by atoms with E-state index in [4.69, 9.17) is 0 Å². The lowest BCUT2D eigenvalue weighted by molar-refractivity contribution is 0.435. The van der Waals surface area contributed by atoms with Crippen LogP contribution in [0.3, 0.4) is 0 Å². The average Bonchev–Trinajstić information content (AvgIpc) is 2.06. The largest absolute Gasteiger partial charge is 0.508 e. The SMILES string of the molecule is CCc1ccc(O)c(CC)c1O. The van der Waals surface area contributed by atoms with Gasteiger partial charge in [0, 0.05) is 5.56 Å². The highest BCUT2D eigenvalue weighted by atomic mass is 16.3. The van der Waals surface area contributed by atoms with Gasteiger partial charge in [0.25, 0.3) is 0 Å². The summed E-state index contributed by atoms with van der Waals surface area (Å²) in [5.41, 5.74) is 1.54. The number of rotatable bonds is 2. The minimum Gasteiger partial charge on any atom is -0.508 e. The van der Waals surface area contributed by atoms with Crippen molar-refractivity contribution in [2.24, 2.45) is 0 Å². The topological polar surface area (TPSA) is 40.5 Å². The van der Waals surface area contributed by atoms with Gasteiger partial charge in [0.15, 0.2) is 0 Å². The van der Waals surface area contributed by atoms with E-state index in [1.807, 2.05) is 13.8 Å². The van der Waals surface area contributed by atoms with Crippen molar-refractivity contribution >= 4 is 0 Å². The minimum absolute atomic E-state index is 0.187. The highest BCUT2D eigenvalue weighted by Gasteiger charge is 2.08. The summed E-state index contributed by atoms with van der Waals surface area (Å²) in [7, 11) is 0. The highest BCUT2D eigenvalue weighted by Crippen LogP contribution is 2.30. The zero-order valence-corrected chi connectivity index (χ0v) is 7.46. The van der Waals surface area contributed by atoms with Gasteiger partial charge in [-0.1, -0.05) is 19.9 Å². The summed E-state index contributed by atoms with van der Waals surface area (Å²) in [6.45, 7) is 3.89. The molecule has 1 aromatic rings. The van der Waals surface area contributed by atoms with Crippen molar-refractivity contribution in [3.8, 4) is 11.5 Å². The van der Waals surface area contributed by atoms with Crippen molar-refractivity contribution in [3.05, 3.63) is 23.3 Å². The zero-order valence-electron chi connectivity index (χ0n) is 7.46. The normalized spacial score (nSPS) is 10.2. The molecule has 1 aromatic carbocycles. The molecule has 0 radical (unpaired) electrons. The summed E-state index contributed by atoms with van der Waals surface area (Å²) in [6.07, 6.45) is 1.45. The molecular formula is C10H14O2. The number of aromatic hydroxyl groups is 2. The Morgan fingerprint density at radius 2 is 1.75 bits per heavy atom. The molecule has 0 unspecified atom stereocenters. The van der Waals surface area contributed by atoms with Gasteiger partial charge in [-0.3, -0.25) is 0 Å². The predicted molar refractivity (Wildman–Crippen MR) is 48.5 cm³/mol. The molecule has 12 heavy (non-hydrogen) atoms. The number of aryl methyl sites for hydroxylation is 1. The number of hydrogen-bond acceptors (Lipinski definition) is 2. The Kier molecular flexibility index (Phi) is 2.58. The molecule has 1 rings (SSSR count). The second-order valence-electron chi connectivity index (χ2n) is 2.78. The molecule has 2 N–H and O–H groups in total. The first kappa shape index (κ1) is 8.91. The Labute approximate surface area is 72.5 Å². The molecule has 0 spiro atoms. The van der Waals surface area contributed by atoms with Gasteiger partial charge in [0.05, 0.1) is 0 Å². The maximum Gasteiger partial charge on any atom is 0.125 e. The summed E-state index contributed by atoms with van der Waals surface area (Å²) < 4.78 is 0. The quantitative estimate of drug-likeness (QED) is 0.707. The lowest BCUT2D eigenvalue weighted by Gasteiger charge is -2.08. The number of phenolic OH excluding ortho intramolecular Hbond substituents is 2. The molecule has 0 aromatic heterocycles. The maximum atomic E-state index is 9.61. The first-order chi connectivity index (χ1) is 5.70. The average molecular weight is 166 g/mol. The molecule has 0 heterocycles. The second-order valence-corrected chi connectivity index (χ2v) is 2.78. The van der Waals surface area contributed by atoms with Gasteiger partial charge in [0.2, 0.25) is 0 Å². The molecule has 0 aliphatic rings. The molecule has 0 fully saturated rings. The summed E-state index contributed by atoms with van der Waals surface area (Å²) in [6, 6.07) is 3.39. The Bertz CT molecular complexity index is 279. The Hall–Kier alpha value is -1.18. The van der Waals surface area contributed by atoms with E-state index >= 15 is 0 Å². The van der Waals surface area contributed by atoms with Crippen molar-refractivity contribution in [1.82, 2.24) is 0 Å². The van der Waals surface area contributed by atoms with Gasteiger partial charge < -0.3 is 10.2 Å². The number of hydrogen-bond donors (Lipinski definition) is 2. The van der Waals surface area contributed by atoms with Crippen LogP contribution >= 0.6 is 0 Å². The Morgan fingerprint density at radius 1 is 1.08 bits per heavy atom. The van der Waals surface area contributed by atoms with Crippen LogP contribution in [0, 0.1) is 0 Å². The van der Waals surface area contributed by atoms with Crippen LogP contribution < -0.4 is 0 Å². The highest BCUT2D eigenvalue weighted by molar-refractivity contribution is 5.48. The van der Waals surface area contributed by atoms with Gasteiger partial charge in [-0.25, -0.2) is 0 Å². The van der Waals surface area contributed by atoms with Crippen LogP contribution in [0.5, 0.6) is 11.5 Å². The van der Waals surface area contributed by atoms with E-state index in [0.29, 0.717) is 12.0 Å². The Morgan fingerprint density at radius 3 is 2.25 bits per heavy atom. The monoisotopic (exact) mass is 166 g/mol. The number of phenols is 2. The minimum atomic E-state index is 0.187. The van der Waals surface area contributed by atoms with E-state index in [1.165, 1.54) is 0 Å². The molecule has 2 heteroatoms. The van der Waals surface area contributed by atoms with Crippen molar-refractivity contribution in [1.29, 1.82) is 0 Å². The molecule has 0 amide bonds. The van der Waals surface area contributed by atoms with Crippen LogP contribution in [-0.2, 0) is 12.8 Å². The van der Waals surface area contributed by atoms with Crippen LogP contribution in [0.25, 0.3) is 0 Å². The summed E-state index contributed by atoms with van der Waals surface area (Å²) in [4.78, 5) is 0. The van der Waals surface area contributed by atoms with Crippen molar-refractivity contribution < 1.29 is 10.2 Å². The molecule has 0 atom stereocenters. The summed E-state index contributed by atoms with van der Waals surface area (Å²) in [5.74, 6) is 0.437. The van der Waals surface area contributed by atoms with Crippen LogP contribution in [0.15, 0.2) is 12.1 Å². The molecule has 0 aliphatic heterocycles. The fourth-order valence-corrected chi connectivity index (χ4v) is 1.31. The third-order valence-corrected chi connectivity index (χ3v) is 2.08. The van der Waals surface area contributed by atoms with Gasteiger partial charge in [-0.15, -0.1) is 0 Å². The van der Waals surface area contributed by atoms with E-state index in [1.54, 1.807) is 12.1 Å². The third kappa shape index (κ3) is 1.37. The molecule has 2 nitrogen and oxygen atoms in total. The lowest BCUT2D eigenvalue weighted by atomic mass is 10.0. The molecule has 66 valence electrons. The first-order valence-electron chi connectivity index (χ1n) is 4.23. The van der Waals surface area contributed by atoms with Gasteiger partial charge >= 0.3 is 0 Å². The number of benzene rings is 1. The zero-order chi connectivity index (χ0) is 9.14. The molecule has 0 aliphatic carbocycles.